The Morgan fingerprint density at radius 3 is 2.89 bits per heavy atom. The molecule has 4 nitrogen and oxygen atoms in total. The zero-order valence-electron chi connectivity index (χ0n) is 9.91. The van der Waals surface area contributed by atoms with E-state index in [4.69, 9.17) is 0 Å². The lowest BCUT2D eigenvalue weighted by atomic mass is 10.1. The standard InChI is InChI=1S/C13H15BrN2O2/c14-10-4-2-1-3-9(10)7-8-15-13(18)11-5-6-12(17)16-11/h1-4,11H,5-8H2,(H,15,18)(H,16,17)/t11-/m1/s1. The number of nitrogens with one attached hydrogen (secondary N) is 2. The number of amides is 2. The van der Waals surface area contributed by atoms with Crippen molar-refractivity contribution in [2.45, 2.75) is 25.3 Å². The minimum atomic E-state index is -0.350. The molecule has 5 heteroatoms. The Morgan fingerprint density at radius 1 is 1.44 bits per heavy atom. The molecule has 0 bridgehead atoms. The minimum Gasteiger partial charge on any atom is -0.354 e. The van der Waals surface area contributed by atoms with Gasteiger partial charge in [-0.1, -0.05) is 34.1 Å². The summed E-state index contributed by atoms with van der Waals surface area (Å²) in [5, 5.41) is 5.50. The number of carbonyl (C=O) groups excluding carboxylic acids is 2. The van der Waals surface area contributed by atoms with Gasteiger partial charge in [-0.05, 0) is 24.5 Å². The maximum absolute atomic E-state index is 11.7. The topological polar surface area (TPSA) is 58.2 Å². The summed E-state index contributed by atoms with van der Waals surface area (Å²) in [5.41, 5.74) is 1.16. The number of carbonyl (C=O) groups is 2. The summed E-state index contributed by atoms with van der Waals surface area (Å²) in [6.07, 6.45) is 1.82. The molecule has 1 aliphatic heterocycles. The van der Waals surface area contributed by atoms with Crippen molar-refractivity contribution in [1.82, 2.24) is 10.6 Å². The Balaban J connectivity index is 1.77. The second kappa shape index (κ2) is 6.00. The fourth-order valence-corrected chi connectivity index (χ4v) is 2.44. The molecular formula is C13H15BrN2O2. The number of hydrogen-bond acceptors (Lipinski definition) is 2. The van der Waals surface area contributed by atoms with Crippen molar-refractivity contribution in [3.05, 3.63) is 34.3 Å². The minimum absolute atomic E-state index is 0.0408. The first-order valence-electron chi connectivity index (χ1n) is 5.97. The van der Waals surface area contributed by atoms with Gasteiger partial charge in [0, 0.05) is 17.4 Å². The molecule has 1 atom stereocenters. The first kappa shape index (κ1) is 13.1. The van der Waals surface area contributed by atoms with E-state index in [0.29, 0.717) is 19.4 Å². The lowest BCUT2D eigenvalue weighted by Crippen LogP contribution is -2.42. The molecule has 2 N–H and O–H groups in total. The highest BCUT2D eigenvalue weighted by Gasteiger charge is 2.26. The van der Waals surface area contributed by atoms with E-state index in [0.717, 1.165) is 16.5 Å². The van der Waals surface area contributed by atoms with Crippen LogP contribution in [0.4, 0.5) is 0 Å². The predicted molar refractivity (Wildman–Crippen MR) is 72.0 cm³/mol. The van der Waals surface area contributed by atoms with Crippen LogP contribution in [-0.4, -0.2) is 24.4 Å². The predicted octanol–water partition coefficient (Wildman–Crippen LogP) is 1.39. The summed E-state index contributed by atoms with van der Waals surface area (Å²) in [7, 11) is 0. The quantitative estimate of drug-likeness (QED) is 0.883. The van der Waals surface area contributed by atoms with Crippen LogP contribution in [0.1, 0.15) is 18.4 Å². The number of halogens is 1. The molecule has 96 valence electrons. The van der Waals surface area contributed by atoms with Gasteiger partial charge in [0.15, 0.2) is 0 Å². The van der Waals surface area contributed by atoms with Crippen molar-refractivity contribution in [3.63, 3.8) is 0 Å². The lowest BCUT2D eigenvalue weighted by molar-refractivity contribution is -0.125. The lowest BCUT2D eigenvalue weighted by Gasteiger charge is -2.11. The van der Waals surface area contributed by atoms with Gasteiger partial charge >= 0.3 is 0 Å². The molecule has 1 fully saturated rings. The molecule has 0 radical (unpaired) electrons. The van der Waals surface area contributed by atoms with Crippen molar-refractivity contribution in [3.8, 4) is 0 Å². The maximum Gasteiger partial charge on any atom is 0.242 e. The van der Waals surface area contributed by atoms with Crippen LogP contribution in [0, 0.1) is 0 Å². The van der Waals surface area contributed by atoms with Gasteiger partial charge in [0.25, 0.3) is 0 Å². The van der Waals surface area contributed by atoms with Gasteiger partial charge in [0.05, 0.1) is 0 Å². The molecule has 1 saturated heterocycles. The third kappa shape index (κ3) is 3.32. The van der Waals surface area contributed by atoms with Crippen LogP contribution in [0.2, 0.25) is 0 Å². The molecule has 0 spiro atoms. The molecule has 0 saturated carbocycles. The summed E-state index contributed by atoms with van der Waals surface area (Å²) in [6.45, 7) is 0.577. The second-order valence-electron chi connectivity index (χ2n) is 4.29. The Bertz CT molecular complexity index is 462. The zero-order chi connectivity index (χ0) is 13.0. The van der Waals surface area contributed by atoms with Crippen molar-refractivity contribution in [2.24, 2.45) is 0 Å². The highest BCUT2D eigenvalue weighted by molar-refractivity contribution is 9.10. The fourth-order valence-electron chi connectivity index (χ4n) is 1.96. The summed E-state index contributed by atoms with van der Waals surface area (Å²) in [5.74, 6) is -0.131. The van der Waals surface area contributed by atoms with Gasteiger partial charge in [-0.3, -0.25) is 9.59 Å². The summed E-state index contributed by atoms with van der Waals surface area (Å²) in [6, 6.07) is 7.58. The van der Waals surface area contributed by atoms with Crippen LogP contribution in [0.5, 0.6) is 0 Å². The van der Waals surface area contributed by atoms with Gasteiger partial charge in [0.2, 0.25) is 11.8 Å². The zero-order valence-corrected chi connectivity index (χ0v) is 11.5. The Labute approximate surface area is 114 Å². The average molecular weight is 311 g/mol. The van der Waals surface area contributed by atoms with Gasteiger partial charge in [-0.2, -0.15) is 0 Å². The molecule has 1 heterocycles. The summed E-state index contributed by atoms with van der Waals surface area (Å²) < 4.78 is 1.05. The van der Waals surface area contributed by atoms with Crippen LogP contribution in [-0.2, 0) is 16.0 Å². The molecule has 0 aliphatic carbocycles. The smallest absolute Gasteiger partial charge is 0.242 e. The maximum atomic E-state index is 11.7. The molecule has 0 aromatic heterocycles. The molecule has 1 aromatic rings. The molecule has 18 heavy (non-hydrogen) atoms. The SMILES string of the molecule is O=C1CC[C@H](C(=O)NCCc2ccccc2Br)N1. The van der Waals surface area contributed by atoms with Crippen LogP contribution in [0.25, 0.3) is 0 Å². The summed E-state index contributed by atoms with van der Waals surface area (Å²) in [4.78, 5) is 22.7. The van der Waals surface area contributed by atoms with Crippen molar-refractivity contribution < 1.29 is 9.59 Å². The fraction of sp³-hybridized carbons (Fsp3) is 0.385. The van der Waals surface area contributed by atoms with E-state index in [9.17, 15) is 9.59 Å². The van der Waals surface area contributed by atoms with E-state index in [1.54, 1.807) is 0 Å². The van der Waals surface area contributed by atoms with Crippen molar-refractivity contribution in [1.29, 1.82) is 0 Å². The molecule has 1 aliphatic rings. The molecule has 2 rings (SSSR count). The Kier molecular flexibility index (Phi) is 4.36. The van der Waals surface area contributed by atoms with Gasteiger partial charge < -0.3 is 10.6 Å². The van der Waals surface area contributed by atoms with Crippen LogP contribution in [0.15, 0.2) is 28.7 Å². The van der Waals surface area contributed by atoms with Gasteiger partial charge in [-0.15, -0.1) is 0 Å². The van der Waals surface area contributed by atoms with Crippen LogP contribution >= 0.6 is 15.9 Å². The normalized spacial score (nSPS) is 18.5. The molecular weight excluding hydrogens is 296 g/mol. The number of benzene rings is 1. The molecule has 2 amide bonds. The van der Waals surface area contributed by atoms with Crippen molar-refractivity contribution in [2.75, 3.05) is 6.54 Å². The monoisotopic (exact) mass is 310 g/mol. The van der Waals surface area contributed by atoms with Gasteiger partial charge in [0.1, 0.15) is 6.04 Å². The van der Waals surface area contributed by atoms with E-state index in [1.807, 2.05) is 24.3 Å². The van der Waals surface area contributed by atoms with E-state index in [-0.39, 0.29) is 17.9 Å². The number of rotatable bonds is 4. The molecule has 0 unspecified atom stereocenters. The second-order valence-corrected chi connectivity index (χ2v) is 5.15. The highest BCUT2D eigenvalue weighted by atomic mass is 79.9. The first-order valence-corrected chi connectivity index (χ1v) is 6.76. The Morgan fingerprint density at radius 2 is 2.22 bits per heavy atom. The van der Waals surface area contributed by atoms with Crippen LogP contribution < -0.4 is 10.6 Å². The largest absolute Gasteiger partial charge is 0.354 e. The third-order valence-corrected chi connectivity index (χ3v) is 3.74. The average Bonchev–Trinajstić information content (AvgIpc) is 2.78. The first-order chi connectivity index (χ1) is 8.66. The van der Waals surface area contributed by atoms with Crippen molar-refractivity contribution >= 4 is 27.7 Å². The van der Waals surface area contributed by atoms with E-state index in [1.165, 1.54) is 0 Å². The molecule has 1 aromatic carbocycles. The third-order valence-electron chi connectivity index (χ3n) is 2.96. The van der Waals surface area contributed by atoms with Crippen LogP contribution in [0.3, 0.4) is 0 Å². The highest BCUT2D eigenvalue weighted by Crippen LogP contribution is 2.15. The van der Waals surface area contributed by atoms with E-state index < -0.39 is 0 Å². The van der Waals surface area contributed by atoms with Gasteiger partial charge in [-0.25, -0.2) is 0 Å². The van der Waals surface area contributed by atoms with E-state index >= 15 is 0 Å². The Hall–Kier alpha value is -1.36. The van der Waals surface area contributed by atoms with E-state index in [2.05, 4.69) is 26.6 Å². The number of hydrogen-bond donors (Lipinski definition) is 2. The summed E-state index contributed by atoms with van der Waals surface area (Å²) >= 11 is 3.47.